The Morgan fingerprint density at radius 3 is 2.58 bits per heavy atom. The minimum absolute atomic E-state index is 0.0257. The van der Waals surface area contributed by atoms with E-state index < -0.39 is 5.92 Å². The second kappa shape index (κ2) is 5.16. The summed E-state index contributed by atoms with van der Waals surface area (Å²) in [6, 6.07) is 7.46. The Balaban J connectivity index is 1.67. The molecule has 1 unspecified atom stereocenters. The van der Waals surface area contributed by atoms with Crippen molar-refractivity contribution in [3.05, 3.63) is 35.4 Å². The second-order valence-electron chi connectivity index (χ2n) is 5.48. The number of carbonyl (C=O) groups excluding carboxylic acids is 2. The zero-order chi connectivity index (χ0) is 13.2. The maximum atomic E-state index is 12.2. The van der Waals surface area contributed by atoms with Gasteiger partial charge in [0, 0.05) is 5.56 Å². The third-order valence-corrected chi connectivity index (χ3v) is 4.14. The van der Waals surface area contributed by atoms with Crippen LogP contribution >= 0.6 is 0 Å². The average Bonchev–Trinajstić information content (AvgIpc) is 2.78. The monoisotopic (exact) mass is 258 g/mol. The summed E-state index contributed by atoms with van der Waals surface area (Å²) in [6.45, 7) is 0. The van der Waals surface area contributed by atoms with E-state index in [-0.39, 0.29) is 17.9 Å². The second-order valence-corrected chi connectivity index (χ2v) is 5.48. The molecule has 1 aromatic carbocycles. The third kappa shape index (κ3) is 2.42. The lowest BCUT2D eigenvalue weighted by molar-refractivity contribution is -0.153. The topological polar surface area (TPSA) is 43.4 Å². The van der Waals surface area contributed by atoms with E-state index in [0.29, 0.717) is 12.0 Å². The van der Waals surface area contributed by atoms with Gasteiger partial charge in [0.15, 0.2) is 5.78 Å². The Bertz CT molecular complexity index is 500. The highest BCUT2D eigenvalue weighted by Crippen LogP contribution is 2.29. The molecule has 0 aliphatic heterocycles. The molecule has 2 aliphatic rings. The van der Waals surface area contributed by atoms with E-state index >= 15 is 0 Å². The van der Waals surface area contributed by atoms with Gasteiger partial charge in [0.2, 0.25) is 0 Å². The van der Waals surface area contributed by atoms with Gasteiger partial charge in [0.1, 0.15) is 12.0 Å². The number of esters is 1. The summed E-state index contributed by atoms with van der Waals surface area (Å²) in [6.07, 6.45) is 5.88. The van der Waals surface area contributed by atoms with Crippen LogP contribution in [0, 0.1) is 5.92 Å². The first-order valence-electron chi connectivity index (χ1n) is 7.08. The van der Waals surface area contributed by atoms with Crippen LogP contribution in [0.1, 0.15) is 48.0 Å². The molecule has 19 heavy (non-hydrogen) atoms. The molecule has 0 amide bonds. The lowest BCUT2D eigenvalue weighted by Crippen LogP contribution is -2.29. The highest BCUT2D eigenvalue weighted by molar-refractivity contribution is 6.12. The standard InChI is InChI=1S/C16H18O3/c17-15-13-9-5-4-6-11(13)10-14(15)16(18)19-12-7-2-1-3-8-12/h4-6,9,12,14H,1-3,7-8,10H2. The van der Waals surface area contributed by atoms with E-state index in [1.165, 1.54) is 6.42 Å². The summed E-state index contributed by atoms with van der Waals surface area (Å²) < 4.78 is 5.52. The van der Waals surface area contributed by atoms with Crippen LogP contribution in [0.5, 0.6) is 0 Å². The molecule has 100 valence electrons. The zero-order valence-electron chi connectivity index (χ0n) is 10.9. The maximum Gasteiger partial charge on any atom is 0.317 e. The Labute approximate surface area is 113 Å². The first kappa shape index (κ1) is 12.4. The van der Waals surface area contributed by atoms with Gasteiger partial charge in [0.05, 0.1) is 0 Å². The molecule has 0 bridgehead atoms. The van der Waals surface area contributed by atoms with Crippen molar-refractivity contribution in [1.82, 2.24) is 0 Å². The molecule has 0 saturated heterocycles. The summed E-state index contributed by atoms with van der Waals surface area (Å²) in [5.41, 5.74) is 1.66. The molecule has 0 radical (unpaired) electrons. The number of hydrogen-bond acceptors (Lipinski definition) is 3. The van der Waals surface area contributed by atoms with Crippen molar-refractivity contribution in [1.29, 1.82) is 0 Å². The van der Waals surface area contributed by atoms with E-state index in [1.54, 1.807) is 6.07 Å². The van der Waals surface area contributed by atoms with Crippen molar-refractivity contribution in [3.63, 3.8) is 0 Å². The average molecular weight is 258 g/mol. The van der Waals surface area contributed by atoms with Crippen LogP contribution in [-0.2, 0) is 16.0 Å². The van der Waals surface area contributed by atoms with Crippen molar-refractivity contribution in [3.8, 4) is 0 Å². The van der Waals surface area contributed by atoms with Gasteiger partial charge in [-0.25, -0.2) is 0 Å². The lowest BCUT2D eigenvalue weighted by atomic mass is 9.97. The Morgan fingerprint density at radius 2 is 1.84 bits per heavy atom. The normalized spacial score (nSPS) is 23.2. The van der Waals surface area contributed by atoms with Crippen LogP contribution in [0.3, 0.4) is 0 Å². The van der Waals surface area contributed by atoms with Gasteiger partial charge in [-0.2, -0.15) is 0 Å². The van der Waals surface area contributed by atoms with Gasteiger partial charge in [-0.05, 0) is 37.7 Å². The van der Waals surface area contributed by atoms with Crippen LogP contribution in [0.4, 0.5) is 0 Å². The van der Waals surface area contributed by atoms with E-state index in [1.807, 2.05) is 18.2 Å². The molecule has 1 atom stereocenters. The predicted octanol–water partition coefficient (Wildman–Crippen LogP) is 2.92. The number of Topliss-reactive ketones (excluding diaryl/α,β-unsaturated/α-hetero) is 1. The van der Waals surface area contributed by atoms with Crippen molar-refractivity contribution in [2.24, 2.45) is 5.92 Å². The molecule has 0 aromatic heterocycles. The number of ketones is 1. The summed E-state index contributed by atoms with van der Waals surface area (Å²) in [4.78, 5) is 24.3. The van der Waals surface area contributed by atoms with E-state index in [9.17, 15) is 9.59 Å². The molecule has 0 spiro atoms. The van der Waals surface area contributed by atoms with Gasteiger partial charge >= 0.3 is 5.97 Å². The number of rotatable bonds is 2. The first-order chi connectivity index (χ1) is 9.25. The van der Waals surface area contributed by atoms with Crippen molar-refractivity contribution in [2.75, 3.05) is 0 Å². The van der Waals surface area contributed by atoms with Gasteiger partial charge in [-0.1, -0.05) is 30.7 Å². The minimum Gasteiger partial charge on any atom is -0.462 e. The Morgan fingerprint density at radius 1 is 1.11 bits per heavy atom. The summed E-state index contributed by atoms with van der Waals surface area (Å²) >= 11 is 0. The van der Waals surface area contributed by atoms with Crippen LogP contribution in [0.2, 0.25) is 0 Å². The van der Waals surface area contributed by atoms with Crippen molar-refractivity contribution >= 4 is 11.8 Å². The van der Waals surface area contributed by atoms with E-state index in [2.05, 4.69) is 0 Å². The fraction of sp³-hybridized carbons (Fsp3) is 0.500. The highest BCUT2D eigenvalue weighted by Gasteiger charge is 2.37. The molecule has 0 heterocycles. The van der Waals surface area contributed by atoms with Crippen LogP contribution in [0.15, 0.2) is 24.3 Å². The van der Waals surface area contributed by atoms with Crippen LogP contribution in [0.25, 0.3) is 0 Å². The van der Waals surface area contributed by atoms with Gasteiger partial charge in [-0.3, -0.25) is 9.59 Å². The quantitative estimate of drug-likeness (QED) is 0.605. The Hall–Kier alpha value is -1.64. The molecular formula is C16H18O3. The van der Waals surface area contributed by atoms with Crippen molar-refractivity contribution < 1.29 is 14.3 Å². The molecule has 3 nitrogen and oxygen atoms in total. The number of benzene rings is 1. The van der Waals surface area contributed by atoms with Crippen LogP contribution in [-0.4, -0.2) is 17.9 Å². The number of carbonyl (C=O) groups is 2. The SMILES string of the molecule is O=C(OC1CCCCC1)C1Cc2ccccc2C1=O. The van der Waals surface area contributed by atoms with E-state index in [0.717, 1.165) is 31.2 Å². The summed E-state index contributed by atoms with van der Waals surface area (Å²) in [7, 11) is 0. The van der Waals surface area contributed by atoms with Crippen LogP contribution < -0.4 is 0 Å². The van der Waals surface area contributed by atoms with Gasteiger partial charge < -0.3 is 4.74 Å². The molecule has 0 N–H and O–H groups in total. The summed E-state index contributed by atoms with van der Waals surface area (Å²) in [5, 5.41) is 0. The summed E-state index contributed by atoms with van der Waals surface area (Å²) in [5.74, 6) is -1.01. The smallest absolute Gasteiger partial charge is 0.317 e. The lowest BCUT2D eigenvalue weighted by Gasteiger charge is -2.23. The largest absolute Gasteiger partial charge is 0.462 e. The number of ether oxygens (including phenoxy) is 1. The maximum absolute atomic E-state index is 12.2. The molecule has 1 fully saturated rings. The molecule has 2 aliphatic carbocycles. The van der Waals surface area contributed by atoms with Crippen molar-refractivity contribution in [2.45, 2.75) is 44.6 Å². The number of hydrogen-bond donors (Lipinski definition) is 0. The van der Waals surface area contributed by atoms with Gasteiger partial charge in [-0.15, -0.1) is 0 Å². The fourth-order valence-electron chi connectivity index (χ4n) is 3.06. The first-order valence-corrected chi connectivity index (χ1v) is 7.08. The minimum atomic E-state index is -0.612. The third-order valence-electron chi connectivity index (χ3n) is 4.14. The number of fused-ring (bicyclic) bond motifs is 1. The van der Waals surface area contributed by atoms with Gasteiger partial charge in [0.25, 0.3) is 0 Å². The molecule has 3 rings (SSSR count). The fourth-order valence-corrected chi connectivity index (χ4v) is 3.06. The predicted molar refractivity (Wildman–Crippen MR) is 70.9 cm³/mol. The Kier molecular flexibility index (Phi) is 3.36. The highest BCUT2D eigenvalue weighted by atomic mass is 16.5. The molecular weight excluding hydrogens is 240 g/mol. The molecule has 3 heteroatoms. The molecule has 1 saturated carbocycles. The zero-order valence-corrected chi connectivity index (χ0v) is 10.9. The molecule has 1 aromatic rings. The van der Waals surface area contributed by atoms with E-state index in [4.69, 9.17) is 4.74 Å².